The Morgan fingerprint density at radius 3 is 2.47 bits per heavy atom. The van der Waals surface area contributed by atoms with Crippen LogP contribution in [0.15, 0.2) is 6.07 Å². The van der Waals surface area contributed by atoms with Crippen molar-refractivity contribution < 1.29 is 0 Å². The van der Waals surface area contributed by atoms with Gasteiger partial charge in [0.2, 0.25) is 0 Å². The first kappa shape index (κ1) is 13.9. The molecule has 17 heavy (non-hydrogen) atoms. The fourth-order valence-electron chi connectivity index (χ4n) is 1.94. The molecule has 1 heterocycles. The highest BCUT2D eigenvalue weighted by atomic mass is 15.1. The highest BCUT2D eigenvalue weighted by Gasteiger charge is 2.14. The van der Waals surface area contributed by atoms with Crippen molar-refractivity contribution >= 4 is 5.82 Å². The van der Waals surface area contributed by atoms with Gasteiger partial charge >= 0.3 is 0 Å². The SMILES string of the molecule is CNc1cc(C)nc(CN(C)CC(C)(C)C)n1. The van der Waals surface area contributed by atoms with Crippen molar-refractivity contribution in [3.05, 3.63) is 17.6 Å². The summed E-state index contributed by atoms with van der Waals surface area (Å²) in [6.45, 7) is 10.5. The van der Waals surface area contributed by atoms with E-state index in [9.17, 15) is 0 Å². The van der Waals surface area contributed by atoms with E-state index in [4.69, 9.17) is 0 Å². The molecule has 1 rings (SSSR count). The van der Waals surface area contributed by atoms with Gasteiger partial charge in [0.15, 0.2) is 0 Å². The summed E-state index contributed by atoms with van der Waals surface area (Å²) < 4.78 is 0. The van der Waals surface area contributed by atoms with Gasteiger partial charge in [-0.15, -0.1) is 0 Å². The number of anilines is 1. The van der Waals surface area contributed by atoms with Gasteiger partial charge in [0, 0.05) is 25.4 Å². The third-order valence-electron chi connectivity index (χ3n) is 2.31. The fraction of sp³-hybridized carbons (Fsp3) is 0.692. The molecular weight excluding hydrogens is 212 g/mol. The van der Waals surface area contributed by atoms with Gasteiger partial charge in [0.1, 0.15) is 11.6 Å². The number of hydrogen-bond acceptors (Lipinski definition) is 4. The zero-order chi connectivity index (χ0) is 13.1. The molecule has 0 aliphatic rings. The van der Waals surface area contributed by atoms with Crippen LogP contribution in [0.4, 0.5) is 5.82 Å². The smallest absolute Gasteiger partial charge is 0.144 e. The normalized spacial score (nSPS) is 11.9. The van der Waals surface area contributed by atoms with Gasteiger partial charge in [0.05, 0.1) is 6.54 Å². The molecule has 0 saturated heterocycles. The third kappa shape index (κ3) is 5.13. The first-order chi connectivity index (χ1) is 7.80. The van der Waals surface area contributed by atoms with Crippen LogP contribution in [0.2, 0.25) is 0 Å². The van der Waals surface area contributed by atoms with Crippen LogP contribution in [-0.2, 0) is 6.54 Å². The standard InChI is InChI=1S/C13H24N4/c1-10-7-11(14-5)16-12(15-10)8-17(6)9-13(2,3)4/h7H,8-9H2,1-6H3,(H,14,15,16). The monoisotopic (exact) mass is 236 g/mol. The van der Waals surface area contributed by atoms with Crippen LogP contribution in [-0.4, -0.2) is 35.5 Å². The van der Waals surface area contributed by atoms with Crippen LogP contribution >= 0.6 is 0 Å². The summed E-state index contributed by atoms with van der Waals surface area (Å²) in [7, 11) is 3.99. The molecule has 0 atom stereocenters. The Bertz CT molecular complexity index is 368. The van der Waals surface area contributed by atoms with E-state index in [1.807, 2.05) is 20.0 Å². The van der Waals surface area contributed by atoms with E-state index in [0.29, 0.717) is 5.41 Å². The van der Waals surface area contributed by atoms with Crippen LogP contribution < -0.4 is 5.32 Å². The first-order valence-corrected chi connectivity index (χ1v) is 6.01. The van der Waals surface area contributed by atoms with Gasteiger partial charge in [-0.05, 0) is 19.4 Å². The number of aromatic nitrogens is 2. The number of nitrogens with zero attached hydrogens (tertiary/aromatic N) is 3. The molecule has 1 N–H and O–H groups in total. The van der Waals surface area contributed by atoms with Crippen molar-refractivity contribution in [1.82, 2.24) is 14.9 Å². The van der Waals surface area contributed by atoms with Gasteiger partial charge in [-0.25, -0.2) is 9.97 Å². The topological polar surface area (TPSA) is 41.1 Å². The predicted molar refractivity (Wildman–Crippen MR) is 72.1 cm³/mol. The van der Waals surface area contributed by atoms with Gasteiger partial charge in [-0.1, -0.05) is 20.8 Å². The third-order valence-corrected chi connectivity index (χ3v) is 2.31. The van der Waals surface area contributed by atoms with Crippen molar-refractivity contribution in [3.8, 4) is 0 Å². The summed E-state index contributed by atoms with van der Waals surface area (Å²) in [5, 5.41) is 3.06. The minimum Gasteiger partial charge on any atom is -0.373 e. The van der Waals surface area contributed by atoms with Crippen LogP contribution in [0.3, 0.4) is 0 Å². The van der Waals surface area contributed by atoms with E-state index in [1.165, 1.54) is 0 Å². The van der Waals surface area contributed by atoms with Crippen molar-refractivity contribution in [2.45, 2.75) is 34.2 Å². The number of nitrogens with one attached hydrogen (secondary N) is 1. The van der Waals surface area contributed by atoms with Crippen LogP contribution in [0.1, 0.15) is 32.3 Å². The minimum atomic E-state index is 0.296. The van der Waals surface area contributed by atoms with E-state index in [-0.39, 0.29) is 0 Å². The lowest BCUT2D eigenvalue weighted by Gasteiger charge is -2.26. The Hall–Kier alpha value is -1.16. The minimum absolute atomic E-state index is 0.296. The molecule has 0 aromatic carbocycles. The zero-order valence-electron chi connectivity index (χ0n) is 11.8. The number of hydrogen-bond donors (Lipinski definition) is 1. The van der Waals surface area contributed by atoms with Crippen molar-refractivity contribution in [1.29, 1.82) is 0 Å². The second kappa shape index (κ2) is 5.45. The van der Waals surface area contributed by atoms with Crippen LogP contribution in [0.5, 0.6) is 0 Å². The summed E-state index contributed by atoms with van der Waals surface area (Å²) in [4.78, 5) is 11.2. The van der Waals surface area contributed by atoms with Crippen molar-refractivity contribution in [3.63, 3.8) is 0 Å². The van der Waals surface area contributed by atoms with E-state index in [1.54, 1.807) is 0 Å². The maximum atomic E-state index is 4.46. The van der Waals surface area contributed by atoms with Gasteiger partial charge < -0.3 is 5.32 Å². The van der Waals surface area contributed by atoms with Gasteiger partial charge in [-0.3, -0.25) is 4.90 Å². The molecule has 0 aliphatic heterocycles. The molecular formula is C13H24N4. The largest absolute Gasteiger partial charge is 0.373 e. The molecule has 0 radical (unpaired) electrons. The predicted octanol–water partition coefficient (Wildman–Crippen LogP) is 2.30. The Morgan fingerprint density at radius 1 is 1.29 bits per heavy atom. The molecule has 0 fully saturated rings. The Morgan fingerprint density at radius 2 is 1.94 bits per heavy atom. The molecule has 4 heteroatoms. The second-order valence-electron chi connectivity index (χ2n) is 5.79. The molecule has 1 aromatic rings. The van der Waals surface area contributed by atoms with Gasteiger partial charge in [-0.2, -0.15) is 0 Å². The quantitative estimate of drug-likeness (QED) is 0.871. The summed E-state index contributed by atoms with van der Waals surface area (Å²) >= 11 is 0. The van der Waals surface area contributed by atoms with E-state index >= 15 is 0 Å². The molecule has 1 aromatic heterocycles. The molecule has 4 nitrogen and oxygen atoms in total. The molecule has 0 bridgehead atoms. The lowest BCUT2D eigenvalue weighted by Crippen LogP contribution is -2.29. The summed E-state index contributed by atoms with van der Waals surface area (Å²) in [5.74, 6) is 1.76. The average Bonchev–Trinajstić information content (AvgIpc) is 2.13. The molecule has 0 unspecified atom stereocenters. The summed E-state index contributed by atoms with van der Waals surface area (Å²) in [6, 6.07) is 1.95. The van der Waals surface area contributed by atoms with Crippen LogP contribution in [0.25, 0.3) is 0 Å². The number of aryl methyl sites for hydroxylation is 1. The van der Waals surface area contributed by atoms with E-state index in [0.717, 1.165) is 30.4 Å². The highest BCUT2D eigenvalue weighted by Crippen LogP contribution is 2.15. The highest BCUT2D eigenvalue weighted by molar-refractivity contribution is 5.34. The number of rotatable bonds is 4. The Balaban J connectivity index is 2.71. The van der Waals surface area contributed by atoms with Crippen molar-refractivity contribution in [2.75, 3.05) is 26.0 Å². The second-order valence-corrected chi connectivity index (χ2v) is 5.79. The first-order valence-electron chi connectivity index (χ1n) is 6.01. The summed E-state index contributed by atoms with van der Waals surface area (Å²) in [6.07, 6.45) is 0. The molecule has 0 saturated carbocycles. The molecule has 0 amide bonds. The zero-order valence-corrected chi connectivity index (χ0v) is 11.8. The summed E-state index contributed by atoms with van der Waals surface area (Å²) in [5.41, 5.74) is 1.30. The van der Waals surface area contributed by atoms with E-state index in [2.05, 4.69) is 48.0 Å². The van der Waals surface area contributed by atoms with Crippen molar-refractivity contribution in [2.24, 2.45) is 5.41 Å². The molecule has 96 valence electrons. The lowest BCUT2D eigenvalue weighted by atomic mass is 9.96. The fourth-order valence-corrected chi connectivity index (χ4v) is 1.94. The lowest BCUT2D eigenvalue weighted by molar-refractivity contribution is 0.217. The molecule has 0 aliphatic carbocycles. The average molecular weight is 236 g/mol. The van der Waals surface area contributed by atoms with Crippen LogP contribution in [0, 0.1) is 12.3 Å². The van der Waals surface area contributed by atoms with Gasteiger partial charge in [0.25, 0.3) is 0 Å². The maximum Gasteiger partial charge on any atom is 0.144 e. The molecule has 0 spiro atoms. The Labute approximate surface area is 104 Å². The maximum absolute atomic E-state index is 4.46. The van der Waals surface area contributed by atoms with E-state index < -0.39 is 0 Å². The Kier molecular flexibility index (Phi) is 4.46.